The van der Waals surface area contributed by atoms with Gasteiger partial charge in [-0.3, -0.25) is 4.79 Å². The molecule has 2 unspecified atom stereocenters. The van der Waals surface area contributed by atoms with Crippen molar-refractivity contribution in [3.8, 4) is 0 Å². The van der Waals surface area contributed by atoms with E-state index in [0.717, 1.165) is 0 Å². The van der Waals surface area contributed by atoms with E-state index in [1.54, 1.807) is 0 Å². The summed E-state index contributed by atoms with van der Waals surface area (Å²) < 4.78 is 24.5. The highest BCUT2D eigenvalue weighted by Crippen LogP contribution is 2.25. The van der Waals surface area contributed by atoms with Gasteiger partial charge in [0.25, 0.3) is 0 Å². The van der Waals surface area contributed by atoms with Gasteiger partial charge in [0.2, 0.25) is 5.91 Å². The molecule has 1 aromatic carbocycles. The lowest BCUT2D eigenvalue weighted by atomic mass is 10.1. The number of carbonyl (C=O) groups excluding carboxylic acids is 1. The van der Waals surface area contributed by atoms with E-state index in [0.29, 0.717) is 5.02 Å². The van der Waals surface area contributed by atoms with Crippen molar-refractivity contribution in [3.63, 3.8) is 0 Å². The Morgan fingerprint density at radius 2 is 1.89 bits per heavy atom. The summed E-state index contributed by atoms with van der Waals surface area (Å²) >= 11 is 5.69. The molecule has 2 N–H and O–H groups in total. The van der Waals surface area contributed by atoms with E-state index in [1.807, 2.05) is 0 Å². The van der Waals surface area contributed by atoms with Crippen molar-refractivity contribution in [2.45, 2.75) is 29.2 Å². The SMILES string of the molecule is O=C1CCC(S(=O)(=O)c2ccc(Cl)cc2)C(O)N1. The molecule has 1 heterocycles. The van der Waals surface area contributed by atoms with Crippen LogP contribution in [0.5, 0.6) is 0 Å². The molecule has 1 aliphatic heterocycles. The Hall–Kier alpha value is -1.11. The largest absolute Gasteiger partial charge is 0.372 e. The Bertz CT molecular complexity index is 555. The van der Waals surface area contributed by atoms with Gasteiger partial charge in [0, 0.05) is 11.4 Å². The van der Waals surface area contributed by atoms with Crippen molar-refractivity contribution in [1.29, 1.82) is 0 Å². The van der Waals surface area contributed by atoms with Crippen molar-refractivity contribution >= 4 is 27.3 Å². The number of amides is 1. The predicted molar refractivity (Wildman–Crippen MR) is 65.8 cm³/mol. The molecule has 0 bridgehead atoms. The van der Waals surface area contributed by atoms with Gasteiger partial charge in [0.1, 0.15) is 11.5 Å². The Labute approximate surface area is 110 Å². The van der Waals surface area contributed by atoms with Crippen LogP contribution in [-0.4, -0.2) is 30.9 Å². The van der Waals surface area contributed by atoms with Gasteiger partial charge < -0.3 is 10.4 Å². The van der Waals surface area contributed by atoms with Gasteiger partial charge in [0.15, 0.2) is 9.84 Å². The first-order valence-corrected chi connectivity index (χ1v) is 7.30. The molecule has 0 aromatic heterocycles. The number of aliphatic hydroxyl groups excluding tert-OH is 1. The summed E-state index contributed by atoms with van der Waals surface area (Å²) in [5.41, 5.74) is 0. The van der Waals surface area contributed by atoms with Crippen LogP contribution in [0.25, 0.3) is 0 Å². The molecule has 1 amide bonds. The van der Waals surface area contributed by atoms with Gasteiger partial charge in [-0.2, -0.15) is 0 Å². The number of halogens is 1. The molecule has 7 heteroatoms. The van der Waals surface area contributed by atoms with Crippen LogP contribution >= 0.6 is 11.6 Å². The molecule has 0 radical (unpaired) electrons. The fraction of sp³-hybridized carbons (Fsp3) is 0.364. The molecular formula is C11H12ClNO4S. The van der Waals surface area contributed by atoms with Crippen LogP contribution in [0.1, 0.15) is 12.8 Å². The van der Waals surface area contributed by atoms with Crippen LogP contribution in [0.15, 0.2) is 29.2 Å². The summed E-state index contributed by atoms with van der Waals surface area (Å²) in [5.74, 6) is -0.343. The predicted octanol–water partition coefficient (Wildman–Crippen LogP) is 0.711. The Morgan fingerprint density at radius 1 is 1.28 bits per heavy atom. The third-order valence-electron chi connectivity index (χ3n) is 2.86. The summed E-state index contributed by atoms with van der Waals surface area (Å²) in [7, 11) is -3.67. The molecule has 1 fully saturated rings. The Balaban J connectivity index is 2.31. The number of nitrogens with one attached hydrogen (secondary N) is 1. The standard InChI is InChI=1S/C11H12ClNO4S/c12-7-1-3-8(4-2-7)18(16,17)9-5-6-10(14)13-11(9)15/h1-4,9,11,15H,5-6H2,(H,13,14). The number of hydrogen-bond donors (Lipinski definition) is 2. The minimum atomic E-state index is -3.67. The first kappa shape index (κ1) is 13.3. The van der Waals surface area contributed by atoms with Crippen molar-refractivity contribution < 1.29 is 18.3 Å². The molecule has 1 aliphatic rings. The van der Waals surface area contributed by atoms with E-state index in [9.17, 15) is 18.3 Å². The molecule has 0 aliphatic carbocycles. The zero-order valence-electron chi connectivity index (χ0n) is 9.34. The van der Waals surface area contributed by atoms with Crippen LogP contribution in [-0.2, 0) is 14.6 Å². The number of benzene rings is 1. The highest BCUT2D eigenvalue weighted by molar-refractivity contribution is 7.92. The normalized spacial score (nSPS) is 24.7. The monoisotopic (exact) mass is 289 g/mol. The highest BCUT2D eigenvalue weighted by atomic mass is 35.5. The van der Waals surface area contributed by atoms with Crippen LogP contribution < -0.4 is 5.32 Å². The maximum atomic E-state index is 12.3. The first-order chi connectivity index (χ1) is 8.41. The zero-order valence-corrected chi connectivity index (χ0v) is 10.9. The molecule has 0 saturated carbocycles. The molecule has 5 nitrogen and oxygen atoms in total. The van der Waals surface area contributed by atoms with Crippen molar-refractivity contribution in [3.05, 3.63) is 29.3 Å². The van der Waals surface area contributed by atoms with Gasteiger partial charge in [-0.15, -0.1) is 0 Å². The molecule has 98 valence electrons. The lowest BCUT2D eigenvalue weighted by Gasteiger charge is -2.27. The molecule has 18 heavy (non-hydrogen) atoms. The second-order valence-corrected chi connectivity index (χ2v) is 6.69. The summed E-state index contributed by atoms with van der Waals surface area (Å²) in [6.45, 7) is 0. The third-order valence-corrected chi connectivity index (χ3v) is 5.33. The summed E-state index contributed by atoms with van der Waals surface area (Å²) in [6.07, 6.45) is -1.17. The number of piperidine rings is 1. The van der Waals surface area contributed by atoms with Crippen LogP contribution in [0.2, 0.25) is 5.02 Å². The van der Waals surface area contributed by atoms with Crippen molar-refractivity contribution in [1.82, 2.24) is 5.32 Å². The number of rotatable bonds is 2. The third kappa shape index (κ3) is 2.50. The molecular weight excluding hydrogens is 278 g/mol. The maximum Gasteiger partial charge on any atom is 0.222 e. The quantitative estimate of drug-likeness (QED) is 0.840. The molecule has 1 aromatic rings. The summed E-state index contributed by atoms with van der Waals surface area (Å²) in [5, 5.41) is 11.3. The summed E-state index contributed by atoms with van der Waals surface area (Å²) in [6, 6.07) is 5.73. The number of sulfone groups is 1. The molecule has 1 saturated heterocycles. The fourth-order valence-electron chi connectivity index (χ4n) is 1.89. The lowest BCUT2D eigenvalue weighted by Crippen LogP contribution is -2.51. The van der Waals surface area contributed by atoms with E-state index in [-0.39, 0.29) is 23.6 Å². The van der Waals surface area contributed by atoms with Crippen molar-refractivity contribution in [2.75, 3.05) is 0 Å². The molecule has 2 atom stereocenters. The zero-order chi connectivity index (χ0) is 13.3. The Kier molecular flexibility index (Phi) is 3.61. The van der Waals surface area contributed by atoms with E-state index in [1.165, 1.54) is 24.3 Å². The van der Waals surface area contributed by atoms with Gasteiger partial charge in [-0.05, 0) is 30.7 Å². The number of aliphatic hydroxyl groups is 1. The minimum Gasteiger partial charge on any atom is -0.372 e. The Morgan fingerprint density at radius 3 is 2.44 bits per heavy atom. The van der Waals surface area contributed by atoms with Gasteiger partial charge in [0.05, 0.1) is 4.90 Å². The van der Waals surface area contributed by atoms with E-state index >= 15 is 0 Å². The first-order valence-electron chi connectivity index (χ1n) is 5.38. The second-order valence-electron chi connectivity index (χ2n) is 4.09. The van der Waals surface area contributed by atoms with Crippen LogP contribution in [0.4, 0.5) is 0 Å². The average molecular weight is 290 g/mol. The van der Waals surface area contributed by atoms with Crippen LogP contribution in [0.3, 0.4) is 0 Å². The second kappa shape index (κ2) is 4.87. The number of carbonyl (C=O) groups is 1. The van der Waals surface area contributed by atoms with E-state index in [4.69, 9.17) is 11.6 Å². The fourth-order valence-corrected chi connectivity index (χ4v) is 3.71. The average Bonchev–Trinajstić information content (AvgIpc) is 2.29. The lowest BCUT2D eigenvalue weighted by molar-refractivity contribution is -0.126. The highest BCUT2D eigenvalue weighted by Gasteiger charge is 2.37. The minimum absolute atomic E-state index is 0.0899. The van der Waals surface area contributed by atoms with Crippen molar-refractivity contribution in [2.24, 2.45) is 0 Å². The summed E-state index contributed by atoms with van der Waals surface area (Å²) in [4.78, 5) is 11.1. The molecule has 0 spiro atoms. The van der Waals surface area contributed by atoms with Gasteiger partial charge in [-0.1, -0.05) is 11.6 Å². The maximum absolute atomic E-state index is 12.3. The smallest absolute Gasteiger partial charge is 0.222 e. The topological polar surface area (TPSA) is 83.5 Å². The molecule has 2 rings (SSSR count). The van der Waals surface area contributed by atoms with Gasteiger partial charge >= 0.3 is 0 Å². The van der Waals surface area contributed by atoms with E-state index < -0.39 is 21.3 Å². The van der Waals surface area contributed by atoms with Crippen LogP contribution in [0, 0.1) is 0 Å². The van der Waals surface area contributed by atoms with E-state index in [2.05, 4.69) is 5.32 Å². The number of hydrogen-bond acceptors (Lipinski definition) is 4. The van der Waals surface area contributed by atoms with Gasteiger partial charge in [-0.25, -0.2) is 8.42 Å².